The van der Waals surface area contributed by atoms with Crippen molar-refractivity contribution < 1.29 is 14.3 Å². The van der Waals surface area contributed by atoms with E-state index < -0.39 is 0 Å². The zero-order valence-corrected chi connectivity index (χ0v) is 15.8. The van der Waals surface area contributed by atoms with Crippen molar-refractivity contribution in [2.75, 3.05) is 31.6 Å². The topological polar surface area (TPSA) is 58.6 Å². The Bertz CT molecular complexity index is 858. The fraction of sp³-hybridized carbons (Fsp3) is 0.368. The molecule has 5 nitrogen and oxygen atoms in total. The first-order valence-corrected chi connectivity index (χ1v) is 9.92. The molecule has 26 heavy (non-hydrogen) atoms. The number of morpholine rings is 1. The van der Waals surface area contributed by atoms with Gasteiger partial charge in [0, 0.05) is 18.0 Å². The van der Waals surface area contributed by atoms with E-state index in [1.165, 1.54) is 16.2 Å². The van der Waals surface area contributed by atoms with Crippen LogP contribution in [0.3, 0.4) is 0 Å². The molecule has 1 fully saturated rings. The summed E-state index contributed by atoms with van der Waals surface area (Å²) in [6.45, 7) is 2.28. The molecule has 1 aromatic heterocycles. The molecule has 2 aromatic rings. The van der Waals surface area contributed by atoms with E-state index in [0.717, 1.165) is 24.8 Å². The van der Waals surface area contributed by atoms with Crippen molar-refractivity contribution in [3.63, 3.8) is 0 Å². The number of ether oxygens (including phenoxy) is 1. The lowest BCUT2D eigenvalue weighted by molar-refractivity contribution is 0.0303. The first-order chi connectivity index (χ1) is 12.6. The quantitative estimate of drug-likeness (QED) is 0.870. The number of nitrogens with one attached hydrogen (secondary N) is 1. The highest BCUT2D eigenvalue weighted by atomic mass is 35.5. The van der Waals surface area contributed by atoms with Gasteiger partial charge in [-0.25, -0.2) is 0 Å². The molecule has 7 heteroatoms. The summed E-state index contributed by atoms with van der Waals surface area (Å²) in [5.74, 6) is -0.297. The normalized spacial score (nSPS) is 16.4. The molecule has 0 atom stereocenters. The molecule has 1 aliphatic carbocycles. The lowest BCUT2D eigenvalue weighted by atomic mass is 10.1. The van der Waals surface area contributed by atoms with Crippen molar-refractivity contribution in [3.05, 3.63) is 50.9 Å². The number of halogens is 1. The molecule has 1 saturated heterocycles. The van der Waals surface area contributed by atoms with Gasteiger partial charge in [0.05, 0.1) is 29.4 Å². The highest BCUT2D eigenvalue weighted by Gasteiger charge is 2.31. The predicted octanol–water partition coefficient (Wildman–Crippen LogP) is 3.61. The summed E-state index contributed by atoms with van der Waals surface area (Å²) in [5.41, 5.74) is 2.17. The number of hydrogen-bond donors (Lipinski definition) is 1. The second-order valence-corrected chi connectivity index (χ2v) is 7.91. The van der Waals surface area contributed by atoms with E-state index in [0.29, 0.717) is 47.5 Å². The van der Waals surface area contributed by atoms with Crippen LogP contribution in [0.4, 0.5) is 5.00 Å². The number of benzene rings is 1. The molecule has 1 aromatic carbocycles. The SMILES string of the molecule is O=C(Nc1sc2c(c1C(=O)N1CCOCC1)CCC2)c1ccccc1Cl. The molecule has 0 bridgehead atoms. The van der Waals surface area contributed by atoms with Gasteiger partial charge in [0.1, 0.15) is 5.00 Å². The van der Waals surface area contributed by atoms with Gasteiger partial charge in [0.15, 0.2) is 0 Å². The van der Waals surface area contributed by atoms with Crippen molar-refractivity contribution in [3.8, 4) is 0 Å². The van der Waals surface area contributed by atoms with Crippen molar-refractivity contribution in [2.24, 2.45) is 0 Å². The molecular weight excluding hydrogens is 372 g/mol. The lowest BCUT2D eigenvalue weighted by Crippen LogP contribution is -2.41. The van der Waals surface area contributed by atoms with Gasteiger partial charge < -0.3 is 15.0 Å². The number of aryl methyl sites for hydroxylation is 1. The van der Waals surface area contributed by atoms with E-state index in [2.05, 4.69) is 5.32 Å². The summed E-state index contributed by atoms with van der Waals surface area (Å²) in [5, 5.41) is 3.97. The Balaban J connectivity index is 1.65. The van der Waals surface area contributed by atoms with Gasteiger partial charge >= 0.3 is 0 Å². The molecule has 0 spiro atoms. The number of anilines is 1. The summed E-state index contributed by atoms with van der Waals surface area (Å²) < 4.78 is 5.35. The standard InChI is InChI=1S/C19H19ClN2O3S/c20-14-6-2-1-4-12(14)17(23)21-18-16(13-5-3-7-15(13)26-18)19(24)22-8-10-25-11-9-22/h1-2,4,6H,3,5,7-11H2,(H,21,23). The molecule has 136 valence electrons. The molecule has 1 aliphatic heterocycles. The molecule has 2 heterocycles. The van der Waals surface area contributed by atoms with Gasteiger partial charge in [-0.05, 0) is 37.0 Å². The molecule has 2 amide bonds. The van der Waals surface area contributed by atoms with Crippen LogP contribution in [-0.4, -0.2) is 43.0 Å². The average molecular weight is 391 g/mol. The third-order valence-electron chi connectivity index (χ3n) is 4.78. The Kier molecular flexibility index (Phi) is 4.98. The fourth-order valence-corrected chi connectivity index (χ4v) is 4.96. The molecule has 0 saturated carbocycles. The smallest absolute Gasteiger partial charge is 0.257 e. The summed E-state index contributed by atoms with van der Waals surface area (Å²) in [6.07, 6.45) is 2.91. The van der Waals surface area contributed by atoms with Crippen LogP contribution < -0.4 is 5.32 Å². The molecule has 4 rings (SSSR count). The van der Waals surface area contributed by atoms with Crippen LogP contribution in [0, 0.1) is 0 Å². The number of thiophene rings is 1. The van der Waals surface area contributed by atoms with Gasteiger partial charge in [-0.2, -0.15) is 0 Å². The summed E-state index contributed by atoms with van der Waals surface area (Å²) >= 11 is 7.65. The first kappa shape index (κ1) is 17.5. The van der Waals surface area contributed by atoms with Gasteiger partial charge in [-0.1, -0.05) is 23.7 Å². The summed E-state index contributed by atoms with van der Waals surface area (Å²) in [6, 6.07) is 6.92. The monoisotopic (exact) mass is 390 g/mol. The Labute approximate surface area is 160 Å². The maximum absolute atomic E-state index is 13.1. The number of rotatable bonds is 3. The number of carbonyl (C=O) groups is 2. The third-order valence-corrected chi connectivity index (χ3v) is 6.32. The average Bonchev–Trinajstić information content (AvgIpc) is 3.23. The number of amides is 2. The van der Waals surface area contributed by atoms with Crippen LogP contribution >= 0.6 is 22.9 Å². The second kappa shape index (κ2) is 7.39. The molecule has 0 radical (unpaired) electrons. The van der Waals surface area contributed by atoms with Gasteiger partial charge in [0.2, 0.25) is 0 Å². The van der Waals surface area contributed by atoms with Crippen LogP contribution in [0.1, 0.15) is 37.6 Å². The van der Waals surface area contributed by atoms with E-state index >= 15 is 0 Å². The second-order valence-electron chi connectivity index (χ2n) is 6.40. The predicted molar refractivity (Wildman–Crippen MR) is 102 cm³/mol. The highest BCUT2D eigenvalue weighted by Crippen LogP contribution is 2.40. The third kappa shape index (κ3) is 3.24. The first-order valence-electron chi connectivity index (χ1n) is 8.72. The number of carbonyl (C=O) groups excluding carboxylic acids is 2. The lowest BCUT2D eigenvalue weighted by Gasteiger charge is -2.27. The maximum Gasteiger partial charge on any atom is 0.257 e. The fourth-order valence-electron chi connectivity index (χ4n) is 3.46. The number of hydrogen-bond acceptors (Lipinski definition) is 4. The minimum atomic E-state index is -0.286. The van der Waals surface area contributed by atoms with Crippen LogP contribution in [0.15, 0.2) is 24.3 Å². The Hall–Kier alpha value is -1.89. The summed E-state index contributed by atoms with van der Waals surface area (Å²) in [7, 11) is 0. The number of fused-ring (bicyclic) bond motifs is 1. The van der Waals surface area contributed by atoms with Gasteiger partial charge in [0.25, 0.3) is 11.8 Å². The Morgan fingerprint density at radius 2 is 1.92 bits per heavy atom. The van der Waals surface area contributed by atoms with Crippen LogP contribution in [0.2, 0.25) is 5.02 Å². The van der Waals surface area contributed by atoms with E-state index in [1.54, 1.807) is 24.3 Å². The molecule has 2 aliphatic rings. The van der Waals surface area contributed by atoms with Gasteiger partial charge in [-0.3, -0.25) is 9.59 Å². The van der Waals surface area contributed by atoms with Crippen molar-refractivity contribution in [1.29, 1.82) is 0 Å². The summed E-state index contributed by atoms with van der Waals surface area (Å²) in [4.78, 5) is 28.8. The minimum Gasteiger partial charge on any atom is -0.378 e. The van der Waals surface area contributed by atoms with E-state index in [-0.39, 0.29) is 11.8 Å². The van der Waals surface area contributed by atoms with Crippen molar-refractivity contribution in [1.82, 2.24) is 4.90 Å². The van der Waals surface area contributed by atoms with E-state index in [4.69, 9.17) is 16.3 Å². The molecule has 0 unspecified atom stereocenters. The van der Waals surface area contributed by atoms with Crippen LogP contribution in [0.25, 0.3) is 0 Å². The largest absolute Gasteiger partial charge is 0.378 e. The Morgan fingerprint density at radius 1 is 1.15 bits per heavy atom. The van der Waals surface area contributed by atoms with Crippen LogP contribution in [-0.2, 0) is 17.6 Å². The van der Waals surface area contributed by atoms with Gasteiger partial charge in [-0.15, -0.1) is 11.3 Å². The maximum atomic E-state index is 13.1. The highest BCUT2D eigenvalue weighted by molar-refractivity contribution is 7.17. The zero-order valence-electron chi connectivity index (χ0n) is 14.2. The number of nitrogens with zero attached hydrogens (tertiary/aromatic N) is 1. The minimum absolute atomic E-state index is 0.0119. The van der Waals surface area contributed by atoms with Crippen molar-refractivity contribution in [2.45, 2.75) is 19.3 Å². The van der Waals surface area contributed by atoms with E-state index in [9.17, 15) is 9.59 Å². The zero-order chi connectivity index (χ0) is 18.1. The van der Waals surface area contributed by atoms with Crippen molar-refractivity contribution >= 4 is 39.8 Å². The Morgan fingerprint density at radius 3 is 2.69 bits per heavy atom. The van der Waals surface area contributed by atoms with Crippen LogP contribution in [0.5, 0.6) is 0 Å². The molecular formula is C19H19ClN2O3S. The molecule has 1 N–H and O–H groups in total. The van der Waals surface area contributed by atoms with E-state index in [1.807, 2.05) is 4.90 Å².